The maximum Gasteiger partial charge on any atom is 0.405 e. The monoisotopic (exact) mass is 174 g/mol. The molecule has 0 aromatic rings. The van der Waals surface area contributed by atoms with Crippen molar-refractivity contribution in [3.63, 3.8) is 0 Å². The molecule has 1 rings (SSSR count). The maximum atomic E-state index is 10.9. The van der Waals surface area contributed by atoms with E-state index in [9.17, 15) is 9.59 Å². The van der Waals surface area contributed by atoms with Crippen molar-refractivity contribution in [3.05, 3.63) is 0 Å². The molecular weight excluding hydrogens is 164 g/mol. The van der Waals surface area contributed by atoms with Crippen molar-refractivity contribution < 1.29 is 19.1 Å². The minimum atomic E-state index is -0.949. The fraction of sp³-hybridized carbons (Fsp3) is 0.667. The highest BCUT2D eigenvalue weighted by Crippen LogP contribution is 1.98. The van der Waals surface area contributed by atoms with Crippen LogP contribution in [-0.2, 0) is 14.3 Å². The molecule has 1 heterocycles. The molecular formula is C6H10N2O4. The van der Waals surface area contributed by atoms with Crippen molar-refractivity contribution in [1.29, 1.82) is 0 Å². The Morgan fingerprint density at radius 2 is 2.25 bits per heavy atom. The van der Waals surface area contributed by atoms with Crippen LogP contribution in [0.1, 0.15) is 0 Å². The molecule has 0 aliphatic carbocycles. The van der Waals surface area contributed by atoms with Crippen LogP contribution in [0.25, 0.3) is 0 Å². The van der Waals surface area contributed by atoms with Crippen LogP contribution in [0.5, 0.6) is 0 Å². The summed E-state index contributed by atoms with van der Waals surface area (Å²) in [6.07, 6.45) is -0.949. The molecule has 12 heavy (non-hydrogen) atoms. The molecule has 1 aliphatic rings. The highest BCUT2D eigenvalue weighted by Gasteiger charge is 2.20. The van der Waals surface area contributed by atoms with Gasteiger partial charge in [0.25, 0.3) is 5.91 Å². The Bertz CT molecular complexity index is 190. The highest BCUT2D eigenvalue weighted by atomic mass is 16.5. The summed E-state index contributed by atoms with van der Waals surface area (Å²) in [7, 11) is 0. The molecule has 0 aromatic heterocycles. The van der Waals surface area contributed by atoms with E-state index in [0.717, 1.165) is 0 Å². The Kier molecular flexibility index (Phi) is 2.87. The molecule has 0 unspecified atom stereocenters. The molecule has 1 fully saturated rings. The summed E-state index contributed by atoms with van der Waals surface area (Å²) in [5.41, 5.74) is 4.65. The number of ether oxygens (including phenoxy) is 2. The second-order valence-electron chi connectivity index (χ2n) is 2.41. The first-order valence-electron chi connectivity index (χ1n) is 3.48. The van der Waals surface area contributed by atoms with Crippen LogP contribution in [0.3, 0.4) is 0 Å². The maximum absolute atomic E-state index is 10.9. The number of amides is 2. The van der Waals surface area contributed by atoms with Crippen LogP contribution in [0, 0.1) is 0 Å². The van der Waals surface area contributed by atoms with Crippen LogP contribution < -0.4 is 11.1 Å². The summed E-state index contributed by atoms with van der Waals surface area (Å²) in [5.74, 6) is -0.359. The van der Waals surface area contributed by atoms with E-state index >= 15 is 0 Å². The van der Waals surface area contributed by atoms with Crippen molar-refractivity contribution in [2.75, 3.05) is 19.8 Å². The smallest absolute Gasteiger partial charge is 0.405 e. The molecule has 0 aromatic carbocycles. The molecule has 3 N–H and O–H groups in total. The predicted octanol–water partition coefficient (Wildman–Crippen LogP) is -1.40. The molecule has 0 radical (unpaired) electrons. The standard InChI is InChI=1S/C6H10N2O4/c7-6(10)12-3-5(9)8-4-1-11-2-4/h4H,1-3H2,(H2,7,10)(H,8,9). The van der Waals surface area contributed by atoms with E-state index in [2.05, 4.69) is 15.8 Å². The lowest BCUT2D eigenvalue weighted by Crippen LogP contribution is -2.49. The first kappa shape index (κ1) is 8.79. The van der Waals surface area contributed by atoms with Gasteiger partial charge in [0, 0.05) is 0 Å². The molecule has 1 saturated heterocycles. The van der Waals surface area contributed by atoms with Gasteiger partial charge in [0.1, 0.15) is 0 Å². The van der Waals surface area contributed by atoms with Crippen molar-refractivity contribution >= 4 is 12.0 Å². The summed E-state index contributed by atoms with van der Waals surface area (Å²) in [6, 6.07) is 0.0500. The van der Waals surface area contributed by atoms with Crippen molar-refractivity contribution in [2.45, 2.75) is 6.04 Å². The van der Waals surface area contributed by atoms with E-state index in [1.807, 2.05) is 0 Å². The number of primary amides is 1. The van der Waals surface area contributed by atoms with Crippen molar-refractivity contribution in [1.82, 2.24) is 5.32 Å². The average Bonchev–Trinajstić information content (AvgIpc) is 1.93. The zero-order valence-electron chi connectivity index (χ0n) is 6.41. The quantitative estimate of drug-likeness (QED) is 0.550. The topological polar surface area (TPSA) is 90.7 Å². The molecule has 0 bridgehead atoms. The largest absolute Gasteiger partial charge is 0.440 e. The molecule has 6 heteroatoms. The third kappa shape index (κ3) is 2.75. The Morgan fingerprint density at radius 1 is 1.58 bits per heavy atom. The number of nitrogens with one attached hydrogen (secondary N) is 1. The normalized spacial score (nSPS) is 16.3. The number of carbonyl (C=O) groups excluding carboxylic acids is 2. The first-order valence-corrected chi connectivity index (χ1v) is 3.48. The lowest BCUT2D eigenvalue weighted by Gasteiger charge is -2.26. The minimum Gasteiger partial charge on any atom is -0.440 e. The van der Waals surface area contributed by atoms with Crippen LogP contribution in [-0.4, -0.2) is 37.9 Å². The van der Waals surface area contributed by atoms with Gasteiger partial charge in [-0.25, -0.2) is 4.79 Å². The molecule has 1 aliphatic heterocycles. The third-order valence-electron chi connectivity index (χ3n) is 1.35. The zero-order chi connectivity index (χ0) is 8.97. The van der Waals surface area contributed by atoms with Crippen LogP contribution in [0.15, 0.2) is 0 Å². The van der Waals surface area contributed by atoms with E-state index in [-0.39, 0.29) is 18.6 Å². The molecule has 0 spiro atoms. The average molecular weight is 174 g/mol. The Balaban J connectivity index is 2.06. The fourth-order valence-electron chi connectivity index (χ4n) is 0.725. The van der Waals surface area contributed by atoms with E-state index < -0.39 is 6.09 Å². The van der Waals surface area contributed by atoms with Gasteiger partial charge in [-0.15, -0.1) is 0 Å². The highest BCUT2D eigenvalue weighted by molar-refractivity contribution is 5.80. The third-order valence-corrected chi connectivity index (χ3v) is 1.35. The second kappa shape index (κ2) is 3.91. The van der Waals surface area contributed by atoms with Gasteiger partial charge in [0.05, 0.1) is 19.3 Å². The Hall–Kier alpha value is -1.30. The van der Waals surface area contributed by atoms with Gasteiger partial charge < -0.3 is 20.5 Å². The number of carbonyl (C=O) groups is 2. The van der Waals surface area contributed by atoms with Gasteiger partial charge in [-0.05, 0) is 0 Å². The Labute approximate surface area is 69.0 Å². The first-order chi connectivity index (χ1) is 5.68. The van der Waals surface area contributed by atoms with E-state index in [0.29, 0.717) is 13.2 Å². The Morgan fingerprint density at radius 3 is 2.67 bits per heavy atom. The summed E-state index contributed by atoms with van der Waals surface area (Å²) < 4.78 is 9.07. The van der Waals surface area contributed by atoms with E-state index in [1.54, 1.807) is 0 Å². The summed E-state index contributed by atoms with van der Waals surface area (Å²) in [4.78, 5) is 20.9. The van der Waals surface area contributed by atoms with Gasteiger partial charge in [-0.1, -0.05) is 0 Å². The lowest BCUT2D eigenvalue weighted by molar-refractivity contribution is -0.128. The summed E-state index contributed by atoms with van der Waals surface area (Å²) >= 11 is 0. The predicted molar refractivity (Wildman–Crippen MR) is 38.3 cm³/mol. The summed E-state index contributed by atoms with van der Waals surface area (Å²) in [6.45, 7) is 0.705. The molecule has 68 valence electrons. The van der Waals surface area contributed by atoms with Crippen molar-refractivity contribution in [2.24, 2.45) is 5.73 Å². The van der Waals surface area contributed by atoms with Crippen LogP contribution in [0.2, 0.25) is 0 Å². The molecule has 0 saturated carbocycles. The van der Waals surface area contributed by atoms with Crippen LogP contribution >= 0.6 is 0 Å². The summed E-state index contributed by atoms with van der Waals surface area (Å²) in [5, 5.41) is 2.58. The number of hydrogen-bond donors (Lipinski definition) is 2. The number of hydrogen-bond acceptors (Lipinski definition) is 4. The van der Waals surface area contributed by atoms with Gasteiger partial charge in [-0.2, -0.15) is 0 Å². The number of rotatable bonds is 3. The molecule has 0 atom stereocenters. The van der Waals surface area contributed by atoms with Crippen LogP contribution in [0.4, 0.5) is 4.79 Å². The number of nitrogens with two attached hydrogens (primary N) is 1. The van der Waals surface area contributed by atoms with E-state index in [1.165, 1.54) is 0 Å². The minimum absolute atomic E-state index is 0.0500. The lowest BCUT2D eigenvalue weighted by atomic mass is 10.2. The second-order valence-corrected chi connectivity index (χ2v) is 2.41. The SMILES string of the molecule is NC(=O)OCC(=O)NC1COC1. The van der Waals surface area contributed by atoms with Gasteiger partial charge in [-0.3, -0.25) is 4.79 Å². The fourth-order valence-corrected chi connectivity index (χ4v) is 0.725. The molecule has 2 amide bonds. The molecule has 6 nitrogen and oxygen atoms in total. The van der Waals surface area contributed by atoms with E-state index in [4.69, 9.17) is 4.74 Å². The van der Waals surface area contributed by atoms with Gasteiger partial charge in [0.2, 0.25) is 0 Å². The van der Waals surface area contributed by atoms with Crippen molar-refractivity contribution in [3.8, 4) is 0 Å². The zero-order valence-corrected chi connectivity index (χ0v) is 6.41. The van der Waals surface area contributed by atoms with Gasteiger partial charge >= 0.3 is 6.09 Å². The van der Waals surface area contributed by atoms with Gasteiger partial charge in [0.15, 0.2) is 6.61 Å².